The standard InChI is InChI=1S/C15H12Br2FNO3/c16-11-5-8(7-13(18)15(20)21)6-12(17)14(11)22-10-3-1-9(19)2-4-10/h1-6,13H,7,19H2,(H,20,21). The number of ether oxygens (including phenoxy) is 1. The van der Waals surface area contributed by atoms with Crippen LogP contribution in [0.2, 0.25) is 0 Å². The number of hydrogen-bond donors (Lipinski definition) is 2. The summed E-state index contributed by atoms with van der Waals surface area (Å²) in [4.78, 5) is 10.6. The van der Waals surface area contributed by atoms with E-state index in [4.69, 9.17) is 15.6 Å². The number of anilines is 1. The van der Waals surface area contributed by atoms with Crippen LogP contribution in [0.5, 0.6) is 11.5 Å². The second-order valence-electron chi connectivity index (χ2n) is 4.57. The molecule has 0 aromatic heterocycles. The van der Waals surface area contributed by atoms with E-state index in [1.165, 1.54) is 0 Å². The number of carbonyl (C=O) groups is 1. The average Bonchev–Trinajstić information content (AvgIpc) is 2.44. The van der Waals surface area contributed by atoms with E-state index in [0.29, 0.717) is 31.7 Å². The molecular formula is C15H12Br2FNO3. The van der Waals surface area contributed by atoms with Gasteiger partial charge in [0.15, 0.2) is 5.75 Å². The van der Waals surface area contributed by atoms with Crippen LogP contribution in [0, 0.1) is 0 Å². The molecule has 4 nitrogen and oxygen atoms in total. The minimum Gasteiger partial charge on any atom is -0.479 e. The third-order valence-corrected chi connectivity index (χ3v) is 4.02. The molecule has 0 spiro atoms. The maximum atomic E-state index is 13.3. The molecule has 0 saturated carbocycles. The predicted molar refractivity (Wildman–Crippen MR) is 89.0 cm³/mol. The lowest BCUT2D eigenvalue weighted by atomic mass is 10.1. The number of hydrogen-bond acceptors (Lipinski definition) is 3. The van der Waals surface area contributed by atoms with Gasteiger partial charge in [-0.1, -0.05) is 0 Å². The van der Waals surface area contributed by atoms with Gasteiger partial charge in [-0.3, -0.25) is 0 Å². The molecule has 2 aromatic rings. The molecule has 0 heterocycles. The van der Waals surface area contributed by atoms with Crippen molar-refractivity contribution in [3.8, 4) is 11.5 Å². The number of halogens is 3. The van der Waals surface area contributed by atoms with Gasteiger partial charge < -0.3 is 15.6 Å². The van der Waals surface area contributed by atoms with Gasteiger partial charge in [0.05, 0.1) is 8.95 Å². The molecule has 2 rings (SSSR count). The minimum atomic E-state index is -1.94. The first-order valence-electron chi connectivity index (χ1n) is 6.25. The van der Waals surface area contributed by atoms with Crippen molar-refractivity contribution in [1.82, 2.24) is 0 Å². The van der Waals surface area contributed by atoms with Crippen molar-refractivity contribution in [2.45, 2.75) is 12.6 Å². The van der Waals surface area contributed by atoms with Crippen molar-refractivity contribution in [3.05, 3.63) is 50.9 Å². The van der Waals surface area contributed by atoms with Gasteiger partial charge in [-0.2, -0.15) is 0 Å². The maximum absolute atomic E-state index is 13.3. The van der Waals surface area contributed by atoms with Crippen LogP contribution in [0.15, 0.2) is 45.3 Å². The van der Waals surface area contributed by atoms with Gasteiger partial charge >= 0.3 is 5.97 Å². The Labute approximate surface area is 143 Å². The Hall–Kier alpha value is -1.60. The molecule has 116 valence electrons. The molecule has 0 fully saturated rings. The van der Waals surface area contributed by atoms with Crippen LogP contribution in [0.1, 0.15) is 5.56 Å². The monoisotopic (exact) mass is 431 g/mol. The summed E-state index contributed by atoms with van der Waals surface area (Å²) in [5.74, 6) is -0.369. The van der Waals surface area contributed by atoms with Crippen LogP contribution in [-0.4, -0.2) is 17.2 Å². The summed E-state index contributed by atoms with van der Waals surface area (Å²) in [5.41, 5.74) is 6.78. The third kappa shape index (κ3) is 4.20. The molecular weight excluding hydrogens is 421 g/mol. The molecule has 2 aromatic carbocycles. The number of nitrogens with two attached hydrogens (primary N) is 1. The summed E-state index contributed by atoms with van der Waals surface area (Å²) in [6.45, 7) is 0. The maximum Gasteiger partial charge on any atom is 0.338 e. The number of benzene rings is 2. The fourth-order valence-electron chi connectivity index (χ4n) is 1.78. The highest BCUT2D eigenvalue weighted by atomic mass is 79.9. The van der Waals surface area contributed by atoms with E-state index in [-0.39, 0.29) is 6.42 Å². The first-order chi connectivity index (χ1) is 10.4. The minimum absolute atomic E-state index is 0.214. The highest BCUT2D eigenvalue weighted by Gasteiger charge is 2.18. The van der Waals surface area contributed by atoms with Crippen LogP contribution in [0.4, 0.5) is 10.1 Å². The van der Waals surface area contributed by atoms with Crippen LogP contribution in [0.3, 0.4) is 0 Å². The number of rotatable bonds is 5. The van der Waals surface area contributed by atoms with Crippen molar-refractivity contribution < 1.29 is 19.0 Å². The van der Waals surface area contributed by atoms with E-state index in [1.54, 1.807) is 36.4 Å². The normalized spacial score (nSPS) is 12.0. The molecule has 0 saturated heterocycles. The van der Waals surface area contributed by atoms with Crippen molar-refractivity contribution >= 4 is 43.5 Å². The molecule has 0 aliphatic heterocycles. The summed E-state index contributed by atoms with van der Waals surface area (Å²) < 4.78 is 20.2. The first-order valence-corrected chi connectivity index (χ1v) is 7.83. The fourth-order valence-corrected chi connectivity index (χ4v) is 3.22. The lowest BCUT2D eigenvalue weighted by Crippen LogP contribution is -2.17. The molecule has 0 aliphatic rings. The number of aliphatic carboxylic acids is 1. The van der Waals surface area contributed by atoms with E-state index in [1.807, 2.05) is 0 Å². The van der Waals surface area contributed by atoms with Crippen molar-refractivity contribution in [1.29, 1.82) is 0 Å². The molecule has 22 heavy (non-hydrogen) atoms. The van der Waals surface area contributed by atoms with Gasteiger partial charge in [-0.15, -0.1) is 0 Å². The Kier molecular flexibility index (Phi) is 5.42. The topological polar surface area (TPSA) is 72.5 Å². The second-order valence-corrected chi connectivity index (χ2v) is 6.28. The molecule has 7 heteroatoms. The van der Waals surface area contributed by atoms with E-state index in [9.17, 15) is 9.18 Å². The van der Waals surface area contributed by atoms with E-state index < -0.39 is 12.1 Å². The van der Waals surface area contributed by atoms with Crippen LogP contribution >= 0.6 is 31.9 Å². The molecule has 1 unspecified atom stereocenters. The first kappa shape index (κ1) is 16.8. The number of alkyl halides is 1. The smallest absolute Gasteiger partial charge is 0.338 e. The van der Waals surface area contributed by atoms with Crippen LogP contribution < -0.4 is 10.5 Å². The number of carboxylic acid groups (broad SMARTS) is 1. The van der Waals surface area contributed by atoms with Crippen LogP contribution in [-0.2, 0) is 11.2 Å². The van der Waals surface area contributed by atoms with Gasteiger partial charge in [-0.05, 0) is 73.8 Å². The lowest BCUT2D eigenvalue weighted by molar-refractivity contribution is -0.142. The predicted octanol–water partition coefficient (Wildman–Crippen LogP) is 4.55. The lowest BCUT2D eigenvalue weighted by Gasteiger charge is -2.12. The van der Waals surface area contributed by atoms with Crippen molar-refractivity contribution in [2.75, 3.05) is 5.73 Å². The Bertz CT molecular complexity index is 669. The third-order valence-electron chi connectivity index (χ3n) is 2.84. The largest absolute Gasteiger partial charge is 0.479 e. The van der Waals surface area contributed by atoms with Gasteiger partial charge in [0.1, 0.15) is 5.75 Å². The molecule has 3 N–H and O–H groups in total. The van der Waals surface area contributed by atoms with Gasteiger partial charge in [0, 0.05) is 12.1 Å². The summed E-state index contributed by atoms with van der Waals surface area (Å²) in [6.07, 6.45) is -2.16. The Morgan fingerprint density at radius 1 is 1.23 bits per heavy atom. The zero-order chi connectivity index (χ0) is 16.3. The summed E-state index contributed by atoms with van der Waals surface area (Å²) in [7, 11) is 0. The molecule has 0 bridgehead atoms. The van der Waals surface area contributed by atoms with Gasteiger partial charge in [-0.25, -0.2) is 9.18 Å². The van der Waals surface area contributed by atoms with Gasteiger partial charge in [0.2, 0.25) is 6.17 Å². The highest BCUT2D eigenvalue weighted by Crippen LogP contribution is 2.38. The average molecular weight is 433 g/mol. The van der Waals surface area contributed by atoms with E-state index in [0.717, 1.165) is 0 Å². The van der Waals surface area contributed by atoms with Crippen molar-refractivity contribution in [3.63, 3.8) is 0 Å². The van der Waals surface area contributed by atoms with E-state index >= 15 is 0 Å². The van der Waals surface area contributed by atoms with E-state index in [2.05, 4.69) is 31.9 Å². The molecule has 1 atom stereocenters. The summed E-state index contributed by atoms with van der Waals surface area (Å²) >= 11 is 6.69. The highest BCUT2D eigenvalue weighted by molar-refractivity contribution is 9.11. The number of carboxylic acids is 1. The second kappa shape index (κ2) is 7.11. The molecule has 0 radical (unpaired) electrons. The molecule has 0 aliphatic carbocycles. The van der Waals surface area contributed by atoms with Crippen molar-refractivity contribution in [2.24, 2.45) is 0 Å². The quantitative estimate of drug-likeness (QED) is 0.679. The summed E-state index contributed by atoms with van der Waals surface area (Å²) in [5, 5.41) is 8.62. The fraction of sp³-hybridized carbons (Fsp3) is 0.133. The summed E-state index contributed by atoms with van der Waals surface area (Å²) in [6, 6.07) is 10.1. The zero-order valence-corrected chi connectivity index (χ0v) is 14.4. The number of nitrogen functional groups attached to an aromatic ring is 1. The SMILES string of the molecule is Nc1ccc(Oc2c(Br)cc(CC(F)C(=O)O)cc2Br)cc1. The Balaban J connectivity index is 2.23. The van der Waals surface area contributed by atoms with Crippen LogP contribution in [0.25, 0.3) is 0 Å². The van der Waals surface area contributed by atoms with Gasteiger partial charge in [0.25, 0.3) is 0 Å². The Morgan fingerprint density at radius 2 is 1.77 bits per heavy atom. The molecule has 0 amide bonds. The zero-order valence-electron chi connectivity index (χ0n) is 11.2. The Morgan fingerprint density at radius 3 is 2.27 bits per heavy atom.